The largest absolute Gasteiger partial charge is 0.481 e. The number of aliphatic carboxylic acids is 1. The molecule has 0 spiro atoms. The number of nitrogens with zero attached hydrogens (tertiary/aromatic N) is 1. The fourth-order valence-corrected chi connectivity index (χ4v) is 5.26. The Kier molecular flexibility index (Phi) is 13.1. The minimum absolute atomic E-state index is 0.119. The first-order valence-electron chi connectivity index (χ1n) is 13.4. The van der Waals surface area contributed by atoms with Crippen molar-refractivity contribution in [1.29, 1.82) is 0 Å². The van der Waals surface area contributed by atoms with Gasteiger partial charge in [0.25, 0.3) is 0 Å². The van der Waals surface area contributed by atoms with Crippen LogP contribution >= 0.6 is 34.8 Å². The molecule has 1 amide bonds. The maximum absolute atomic E-state index is 13.1. The smallest absolute Gasteiger partial charge is 0.409 e. The Balaban J connectivity index is 1.79. The van der Waals surface area contributed by atoms with Crippen LogP contribution < -0.4 is 0 Å². The highest BCUT2D eigenvalue weighted by Gasteiger charge is 2.48. The maximum atomic E-state index is 13.1. The molecule has 11 heteroatoms. The van der Waals surface area contributed by atoms with E-state index in [0.717, 1.165) is 24.8 Å². The quantitative estimate of drug-likeness (QED) is 0.155. The topological polar surface area (TPSA) is 94.5 Å². The van der Waals surface area contributed by atoms with E-state index in [-0.39, 0.29) is 43.5 Å². The SMILES string of the molecule is CN(C(=O)OCC(Cl)(Cl)Cl)[C@H]1[C@H](C/C=C\CCCC(=O)O)[C@H](OCc2ccccc2)C[C@@H]1OC1CCCCO1. The van der Waals surface area contributed by atoms with Crippen molar-refractivity contribution in [2.75, 3.05) is 20.3 Å². The van der Waals surface area contributed by atoms with Gasteiger partial charge in [0.05, 0.1) is 24.9 Å². The summed E-state index contributed by atoms with van der Waals surface area (Å²) in [6, 6.07) is 9.52. The Hall–Kier alpha value is -1.55. The monoisotopic (exact) mass is 605 g/mol. The van der Waals surface area contributed by atoms with Crippen LogP contribution in [0.1, 0.15) is 56.9 Å². The molecule has 0 radical (unpaired) electrons. The molecule has 1 saturated carbocycles. The minimum atomic E-state index is -1.72. The van der Waals surface area contributed by atoms with Gasteiger partial charge in [-0.3, -0.25) is 4.79 Å². The summed E-state index contributed by atoms with van der Waals surface area (Å²) in [5, 5.41) is 8.90. The zero-order valence-electron chi connectivity index (χ0n) is 22.2. The van der Waals surface area contributed by atoms with Gasteiger partial charge >= 0.3 is 12.1 Å². The molecular weight excluding hydrogens is 569 g/mol. The molecule has 2 aliphatic rings. The molecule has 218 valence electrons. The number of likely N-dealkylation sites (N-methyl/N-ethyl adjacent to an activating group) is 1. The number of halogens is 3. The van der Waals surface area contributed by atoms with E-state index >= 15 is 0 Å². The van der Waals surface area contributed by atoms with Crippen LogP contribution in [-0.4, -0.2) is 70.7 Å². The summed E-state index contributed by atoms with van der Waals surface area (Å²) in [6.45, 7) is 0.678. The fraction of sp³-hybridized carbons (Fsp3) is 0.643. The summed E-state index contributed by atoms with van der Waals surface area (Å²) >= 11 is 17.4. The molecule has 1 saturated heterocycles. The van der Waals surface area contributed by atoms with Gasteiger partial charge in [0.2, 0.25) is 3.79 Å². The van der Waals surface area contributed by atoms with E-state index < -0.39 is 15.9 Å². The summed E-state index contributed by atoms with van der Waals surface area (Å²) in [7, 11) is 1.66. The van der Waals surface area contributed by atoms with E-state index in [9.17, 15) is 9.59 Å². The van der Waals surface area contributed by atoms with Crippen LogP contribution in [0.2, 0.25) is 0 Å². The predicted molar refractivity (Wildman–Crippen MR) is 150 cm³/mol. The summed E-state index contributed by atoms with van der Waals surface area (Å²) in [6.07, 6.45) is 7.75. The van der Waals surface area contributed by atoms with Gasteiger partial charge in [-0.25, -0.2) is 4.79 Å². The van der Waals surface area contributed by atoms with Gasteiger partial charge in [0.15, 0.2) is 6.29 Å². The lowest BCUT2D eigenvalue weighted by Crippen LogP contribution is -2.48. The van der Waals surface area contributed by atoms with Crippen molar-refractivity contribution in [3.63, 3.8) is 0 Å². The normalized spacial score (nSPS) is 25.6. The summed E-state index contributed by atoms with van der Waals surface area (Å²) in [5.74, 6) is -0.933. The molecule has 1 aromatic rings. The van der Waals surface area contributed by atoms with Gasteiger partial charge in [0.1, 0.15) is 6.61 Å². The molecule has 0 aromatic heterocycles. The third-order valence-electron chi connectivity index (χ3n) is 6.96. The molecule has 8 nitrogen and oxygen atoms in total. The second-order valence-electron chi connectivity index (χ2n) is 9.97. The summed E-state index contributed by atoms with van der Waals surface area (Å²) in [4.78, 5) is 25.4. The molecular formula is C28H38Cl3NO7. The average Bonchev–Trinajstić information content (AvgIpc) is 3.24. The number of hydrogen-bond donors (Lipinski definition) is 1. The molecule has 2 fully saturated rings. The summed E-state index contributed by atoms with van der Waals surface area (Å²) in [5.41, 5.74) is 1.05. The molecule has 1 heterocycles. The number of alkyl halides is 3. The van der Waals surface area contributed by atoms with E-state index in [0.29, 0.717) is 38.9 Å². The number of hydrogen-bond acceptors (Lipinski definition) is 6. The molecule has 1 aliphatic heterocycles. The number of carboxylic acid groups (broad SMARTS) is 1. The molecule has 1 aliphatic carbocycles. The molecule has 1 aromatic carbocycles. The van der Waals surface area contributed by atoms with Crippen LogP contribution in [-0.2, 0) is 30.3 Å². The second kappa shape index (κ2) is 16.0. The van der Waals surface area contributed by atoms with Gasteiger partial charge in [-0.1, -0.05) is 77.3 Å². The zero-order valence-corrected chi connectivity index (χ0v) is 24.5. The van der Waals surface area contributed by atoms with E-state index in [1.54, 1.807) is 7.05 Å². The molecule has 5 atom stereocenters. The van der Waals surface area contributed by atoms with E-state index in [1.165, 1.54) is 4.90 Å². The van der Waals surface area contributed by atoms with E-state index in [2.05, 4.69) is 0 Å². The third kappa shape index (κ3) is 11.1. The Morgan fingerprint density at radius 2 is 1.92 bits per heavy atom. The predicted octanol–water partition coefficient (Wildman–Crippen LogP) is 6.51. The highest BCUT2D eigenvalue weighted by Crippen LogP contribution is 2.39. The van der Waals surface area contributed by atoms with Crippen molar-refractivity contribution in [1.82, 2.24) is 4.90 Å². The van der Waals surface area contributed by atoms with Gasteiger partial charge in [-0.05, 0) is 44.1 Å². The van der Waals surface area contributed by atoms with Crippen LogP contribution in [0.25, 0.3) is 0 Å². The lowest BCUT2D eigenvalue weighted by Gasteiger charge is -2.35. The van der Waals surface area contributed by atoms with Crippen molar-refractivity contribution in [3.05, 3.63) is 48.0 Å². The highest BCUT2D eigenvalue weighted by molar-refractivity contribution is 6.67. The number of carbonyl (C=O) groups is 2. The maximum Gasteiger partial charge on any atom is 0.409 e. The Morgan fingerprint density at radius 3 is 2.59 bits per heavy atom. The van der Waals surface area contributed by atoms with Crippen molar-refractivity contribution < 1.29 is 33.6 Å². The van der Waals surface area contributed by atoms with Gasteiger partial charge in [-0.2, -0.15) is 0 Å². The van der Waals surface area contributed by atoms with Crippen molar-refractivity contribution in [3.8, 4) is 0 Å². The lowest BCUT2D eigenvalue weighted by molar-refractivity contribution is -0.196. The van der Waals surface area contributed by atoms with Gasteiger partial charge in [0, 0.05) is 32.4 Å². The number of allylic oxidation sites excluding steroid dienone is 2. The van der Waals surface area contributed by atoms with Crippen LogP contribution in [0.3, 0.4) is 0 Å². The number of carboxylic acids is 1. The number of rotatable bonds is 13. The number of carbonyl (C=O) groups excluding carboxylic acids is 1. The minimum Gasteiger partial charge on any atom is -0.481 e. The number of benzene rings is 1. The van der Waals surface area contributed by atoms with Crippen LogP contribution in [0, 0.1) is 5.92 Å². The highest BCUT2D eigenvalue weighted by atomic mass is 35.6. The fourth-order valence-electron chi connectivity index (χ4n) is 5.09. The standard InChI is InChI=1S/C28H38Cl3NO7/c1-32(27(35)38-19-28(29,30)31)26-21(13-7-2-3-8-14-24(33)34)22(37-18-20-11-5-4-6-12-20)17-23(26)39-25-15-9-10-16-36-25/h2,4-7,11-12,21-23,25-26H,3,8-10,13-19H2,1H3,(H,33,34)/b7-2-/t21-,22-,23+,25?,26+/m1/s1. The summed E-state index contributed by atoms with van der Waals surface area (Å²) < 4.78 is 22.3. The van der Waals surface area contributed by atoms with Crippen molar-refractivity contribution >= 4 is 46.9 Å². The molecule has 3 rings (SSSR count). The van der Waals surface area contributed by atoms with E-state index in [4.69, 9.17) is 58.9 Å². The number of unbranched alkanes of at least 4 members (excludes halogenated alkanes) is 1. The van der Waals surface area contributed by atoms with E-state index in [1.807, 2.05) is 42.5 Å². The van der Waals surface area contributed by atoms with Crippen LogP contribution in [0.4, 0.5) is 4.79 Å². The average molecular weight is 607 g/mol. The molecule has 39 heavy (non-hydrogen) atoms. The third-order valence-corrected chi connectivity index (χ3v) is 7.29. The number of amides is 1. The lowest BCUT2D eigenvalue weighted by atomic mass is 9.95. The Bertz CT molecular complexity index is 921. The first-order chi connectivity index (χ1) is 18.6. The Labute approximate surface area is 245 Å². The van der Waals surface area contributed by atoms with Crippen LogP contribution in [0.5, 0.6) is 0 Å². The first kappa shape index (κ1) is 32.0. The van der Waals surface area contributed by atoms with Crippen molar-refractivity contribution in [2.45, 2.75) is 86.3 Å². The molecule has 1 unspecified atom stereocenters. The van der Waals surface area contributed by atoms with Crippen molar-refractivity contribution in [2.24, 2.45) is 5.92 Å². The Morgan fingerprint density at radius 1 is 1.15 bits per heavy atom. The van der Waals surface area contributed by atoms with Crippen LogP contribution in [0.15, 0.2) is 42.5 Å². The zero-order chi connectivity index (χ0) is 28.3. The molecule has 1 N–H and O–H groups in total. The van der Waals surface area contributed by atoms with Gasteiger partial charge < -0.3 is 29.0 Å². The number of ether oxygens (including phenoxy) is 4. The van der Waals surface area contributed by atoms with Gasteiger partial charge in [-0.15, -0.1) is 0 Å². The first-order valence-corrected chi connectivity index (χ1v) is 14.5. The second-order valence-corrected chi connectivity index (χ2v) is 12.5. The molecule has 0 bridgehead atoms.